The third-order valence-electron chi connectivity index (χ3n) is 6.68. The summed E-state index contributed by atoms with van der Waals surface area (Å²) in [5.74, 6) is 0.185. The fourth-order valence-electron chi connectivity index (χ4n) is 5.21. The zero-order valence-electron chi connectivity index (χ0n) is 15.7. The minimum absolute atomic E-state index is 0.00445. The predicted octanol–water partition coefficient (Wildman–Crippen LogP) is 2.89. The second kappa shape index (κ2) is 5.81. The molecule has 0 aromatic rings. The standard InChI is InChI=1S/C18H29NO6/c1-10-6-7-13-11(2)14(22-16(20)19(4)5)21-15-18(13)12(10)8-9-17(3,23-15)24-25-18/h10-15H,6-9H2,1-5H3/t10-,11-,12+,13?,14?,15-,17?,18-/m1/s1. The number of hydrogen-bond donors (Lipinski definition) is 0. The molecule has 0 radical (unpaired) electrons. The highest BCUT2D eigenvalue weighted by Crippen LogP contribution is 2.60. The Kier molecular flexibility index (Phi) is 4.07. The van der Waals surface area contributed by atoms with Crippen molar-refractivity contribution in [3.63, 3.8) is 0 Å². The molecule has 3 unspecified atom stereocenters. The van der Waals surface area contributed by atoms with E-state index in [1.807, 2.05) is 6.92 Å². The molecule has 1 amide bonds. The van der Waals surface area contributed by atoms with Crippen LogP contribution in [-0.4, -0.2) is 49.1 Å². The maximum Gasteiger partial charge on any atom is 0.411 e. The molecule has 0 aromatic heterocycles. The molecule has 1 aliphatic carbocycles. The molecule has 0 N–H and O–H groups in total. The van der Waals surface area contributed by atoms with Crippen molar-refractivity contribution < 1.29 is 28.8 Å². The van der Waals surface area contributed by atoms with Crippen molar-refractivity contribution in [3.8, 4) is 0 Å². The smallest absolute Gasteiger partial charge is 0.411 e. The van der Waals surface area contributed by atoms with Gasteiger partial charge in [-0.3, -0.25) is 0 Å². The van der Waals surface area contributed by atoms with Gasteiger partial charge in [-0.2, -0.15) is 0 Å². The normalized spacial score (nSPS) is 51.4. The highest BCUT2D eigenvalue weighted by Gasteiger charge is 2.69. The molecule has 4 saturated heterocycles. The van der Waals surface area contributed by atoms with Gasteiger partial charge >= 0.3 is 6.09 Å². The van der Waals surface area contributed by atoms with Crippen molar-refractivity contribution in [2.75, 3.05) is 14.1 Å². The van der Waals surface area contributed by atoms with E-state index in [-0.39, 0.29) is 11.8 Å². The van der Waals surface area contributed by atoms with Crippen LogP contribution in [0.25, 0.3) is 0 Å². The Balaban J connectivity index is 1.68. The predicted molar refractivity (Wildman–Crippen MR) is 87.0 cm³/mol. The van der Waals surface area contributed by atoms with Crippen molar-refractivity contribution in [2.45, 2.75) is 70.4 Å². The number of fused-ring (bicyclic) bond motifs is 2. The molecule has 142 valence electrons. The first-order valence-electron chi connectivity index (χ1n) is 9.35. The van der Waals surface area contributed by atoms with E-state index in [0.29, 0.717) is 11.8 Å². The number of nitrogens with zero attached hydrogens (tertiary/aromatic N) is 1. The van der Waals surface area contributed by atoms with Crippen molar-refractivity contribution in [1.82, 2.24) is 4.90 Å². The van der Waals surface area contributed by atoms with Crippen molar-refractivity contribution in [2.24, 2.45) is 23.7 Å². The van der Waals surface area contributed by atoms with Gasteiger partial charge in [-0.25, -0.2) is 14.6 Å². The summed E-state index contributed by atoms with van der Waals surface area (Å²) < 4.78 is 18.0. The lowest BCUT2D eigenvalue weighted by Crippen LogP contribution is -2.70. The van der Waals surface area contributed by atoms with Crippen LogP contribution in [0.3, 0.4) is 0 Å². The lowest BCUT2D eigenvalue weighted by molar-refractivity contribution is -0.576. The van der Waals surface area contributed by atoms with E-state index in [0.717, 1.165) is 25.7 Å². The first-order chi connectivity index (χ1) is 11.8. The zero-order chi connectivity index (χ0) is 18.0. The molecule has 0 aromatic carbocycles. The number of carbonyl (C=O) groups excluding carboxylic acids is 1. The van der Waals surface area contributed by atoms with E-state index in [2.05, 4.69) is 13.8 Å². The van der Waals surface area contributed by atoms with Crippen LogP contribution in [0.4, 0.5) is 4.79 Å². The second-order valence-corrected chi connectivity index (χ2v) is 8.55. The molecule has 7 heteroatoms. The van der Waals surface area contributed by atoms with Crippen LogP contribution in [0, 0.1) is 23.7 Å². The lowest BCUT2D eigenvalue weighted by Gasteiger charge is -2.59. The van der Waals surface area contributed by atoms with Crippen LogP contribution in [-0.2, 0) is 24.0 Å². The average molecular weight is 355 g/mol. The van der Waals surface area contributed by atoms with Gasteiger partial charge in [0.25, 0.3) is 0 Å². The number of amides is 1. The summed E-state index contributed by atoms with van der Waals surface area (Å²) in [6.45, 7) is 6.23. The van der Waals surface area contributed by atoms with Crippen LogP contribution >= 0.6 is 0 Å². The van der Waals surface area contributed by atoms with Crippen LogP contribution in [0.2, 0.25) is 0 Å². The Morgan fingerprint density at radius 1 is 1.12 bits per heavy atom. The summed E-state index contributed by atoms with van der Waals surface area (Å²) in [6, 6.07) is 0. The molecule has 1 spiro atoms. The summed E-state index contributed by atoms with van der Waals surface area (Å²) >= 11 is 0. The molecule has 25 heavy (non-hydrogen) atoms. The molecule has 7 nitrogen and oxygen atoms in total. The van der Waals surface area contributed by atoms with Gasteiger partial charge in [-0.05, 0) is 38.0 Å². The molecular weight excluding hydrogens is 326 g/mol. The maximum atomic E-state index is 12.1. The van der Waals surface area contributed by atoms with Gasteiger partial charge in [0.15, 0.2) is 11.9 Å². The molecular formula is C18H29NO6. The van der Waals surface area contributed by atoms with Gasteiger partial charge in [-0.15, -0.1) is 0 Å². The van der Waals surface area contributed by atoms with Gasteiger partial charge in [-0.1, -0.05) is 13.8 Å². The van der Waals surface area contributed by atoms with Crippen LogP contribution < -0.4 is 0 Å². The summed E-state index contributed by atoms with van der Waals surface area (Å²) in [6.07, 6.45) is 2.24. The van der Waals surface area contributed by atoms with Gasteiger partial charge in [0, 0.05) is 32.4 Å². The molecule has 5 rings (SSSR count). The van der Waals surface area contributed by atoms with Crippen molar-refractivity contribution >= 4 is 6.09 Å². The summed E-state index contributed by atoms with van der Waals surface area (Å²) in [7, 11) is 3.33. The first-order valence-corrected chi connectivity index (χ1v) is 9.35. The Labute approximate surface area is 148 Å². The molecule has 4 heterocycles. The van der Waals surface area contributed by atoms with Crippen LogP contribution in [0.15, 0.2) is 0 Å². The number of carbonyl (C=O) groups is 1. The Bertz CT molecular complexity index is 556. The largest absolute Gasteiger partial charge is 0.419 e. The van der Waals surface area contributed by atoms with Crippen LogP contribution in [0.5, 0.6) is 0 Å². The van der Waals surface area contributed by atoms with E-state index in [4.69, 9.17) is 24.0 Å². The average Bonchev–Trinajstić information content (AvgIpc) is 2.78. The highest BCUT2D eigenvalue weighted by atomic mass is 17.3. The fourth-order valence-corrected chi connectivity index (χ4v) is 5.21. The molecule has 8 atom stereocenters. The SMILES string of the molecule is C[C@H]1C(OC(=O)N(C)C)O[C@@H]2OC3(C)CC[C@H]4[C@H](C)CCC1[C@@]24OO3. The molecule has 5 fully saturated rings. The molecule has 1 saturated carbocycles. The summed E-state index contributed by atoms with van der Waals surface area (Å²) in [5, 5.41) is 0. The van der Waals surface area contributed by atoms with E-state index in [1.165, 1.54) is 4.90 Å². The van der Waals surface area contributed by atoms with Crippen LogP contribution in [0.1, 0.15) is 46.5 Å². The third-order valence-corrected chi connectivity index (χ3v) is 6.68. The van der Waals surface area contributed by atoms with Gasteiger partial charge in [0.05, 0.1) is 0 Å². The van der Waals surface area contributed by atoms with E-state index >= 15 is 0 Å². The number of hydrogen-bond acceptors (Lipinski definition) is 6. The molecule has 2 bridgehead atoms. The van der Waals surface area contributed by atoms with Crippen molar-refractivity contribution in [3.05, 3.63) is 0 Å². The number of ether oxygens (including phenoxy) is 3. The Morgan fingerprint density at radius 3 is 2.60 bits per heavy atom. The third kappa shape index (κ3) is 2.51. The quantitative estimate of drug-likeness (QED) is 0.674. The lowest BCUT2D eigenvalue weighted by atomic mass is 9.58. The first kappa shape index (κ1) is 17.5. The monoisotopic (exact) mass is 355 g/mol. The zero-order valence-corrected chi connectivity index (χ0v) is 15.7. The minimum Gasteiger partial charge on any atom is -0.419 e. The van der Waals surface area contributed by atoms with Gasteiger partial charge < -0.3 is 19.1 Å². The second-order valence-electron chi connectivity index (χ2n) is 8.55. The maximum absolute atomic E-state index is 12.1. The molecule has 5 aliphatic rings. The topological polar surface area (TPSA) is 66.5 Å². The van der Waals surface area contributed by atoms with Gasteiger partial charge in [0.1, 0.15) is 0 Å². The van der Waals surface area contributed by atoms with E-state index in [1.54, 1.807) is 14.1 Å². The van der Waals surface area contributed by atoms with Gasteiger partial charge in [0.2, 0.25) is 12.1 Å². The fraction of sp³-hybridized carbons (Fsp3) is 0.944. The molecule has 4 aliphatic heterocycles. The summed E-state index contributed by atoms with van der Waals surface area (Å²) in [4.78, 5) is 25.3. The highest BCUT2D eigenvalue weighted by molar-refractivity contribution is 5.66. The Hall–Kier alpha value is -0.890. The number of rotatable bonds is 1. The van der Waals surface area contributed by atoms with Crippen molar-refractivity contribution in [1.29, 1.82) is 0 Å². The van der Waals surface area contributed by atoms with E-state index < -0.39 is 30.1 Å². The minimum atomic E-state index is -0.811. The van der Waals surface area contributed by atoms with E-state index in [9.17, 15) is 4.79 Å². The summed E-state index contributed by atoms with van der Waals surface area (Å²) in [5.41, 5.74) is -0.617. The Morgan fingerprint density at radius 2 is 1.88 bits per heavy atom.